The molecule has 0 radical (unpaired) electrons. The van der Waals surface area contributed by atoms with Gasteiger partial charge in [0.05, 0.1) is 0 Å². The molecule has 0 aromatic heterocycles. The summed E-state index contributed by atoms with van der Waals surface area (Å²) < 4.78 is 19.2. The summed E-state index contributed by atoms with van der Waals surface area (Å²) >= 11 is 0. The van der Waals surface area contributed by atoms with E-state index in [2.05, 4.69) is 0 Å². The zero-order valence-corrected chi connectivity index (χ0v) is 14.3. The lowest BCUT2D eigenvalue weighted by molar-refractivity contribution is 0.0831. The first-order chi connectivity index (χ1) is 12.0. The molecule has 0 bridgehead atoms. The van der Waals surface area contributed by atoms with Crippen LogP contribution in [0.1, 0.15) is 29.0 Å². The van der Waals surface area contributed by atoms with Crippen LogP contribution in [0.4, 0.5) is 9.18 Å². The van der Waals surface area contributed by atoms with Crippen molar-refractivity contribution in [2.24, 2.45) is 5.73 Å². The molecule has 4 nitrogen and oxygen atoms in total. The highest BCUT2D eigenvalue weighted by molar-refractivity contribution is 5.68. The van der Waals surface area contributed by atoms with Crippen molar-refractivity contribution in [3.8, 4) is 0 Å². The van der Waals surface area contributed by atoms with E-state index in [4.69, 9.17) is 10.5 Å². The van der Waals surface area contributed by atoms with Gasteiger partial charge in [0, 0.05) is 25.0 Å². The quantitative estimate of drug-likeness (QED) is 0.927. The van der Waals surface area contributed by atoms with Gasteiger partial charge in [0.1, 0.15) is 12.4 Å². The Morgan fingerprint density at radius 1 is 1.28 bits per heavy atom. The third-order valence-electron chi connectivity index (χ3n) is 4.75. The summed E-state index contributed by atoms with van der Waals surface area (Å²) in [4.78, 5) is 13.9. The summed E-state index contributed by atoms with van der Waals surface area (Å²) in [6.45, 7) is 2.96. The topological polar surface area (TPSA) is 55.6 Å². The van der Waals surface area contributed by atoms with Gasteiger partial charge in [-0.15, -0.1) is 0 Å². The molecule has 0 spiro atoms. The normalized spacial score (nSPS) is 20.4. The van der Waals surface area contributed by atoms with Crippen LogP contribution in [0, 0.1) is 12.7 Å². The number of hydrogen-bond donors (Lipinski definition) is 1. The van der Waals surface area contributed by atoms with Gasteiger partial charge < -0.3 is 15.4 Å². The first-order valence-corrected chi connectivity index (χ1v) is 8.52. The molecular formula is C20H23FN2O2. The van der Waals surface area contributed by atoms with Gasteiger partial charge in [-0.2, -0.15) is 0 Å². The van der Waals surface area contributed by atoms with Crippen molar-refractivity contribution in [2.75, 3.05) is 13.1 Å². The highest BCUT2D eigenvalue weighted by Gasteiger charge is 2.31. The van der Waals surface area contributed by atoms with Crippen molar-refractivity contribution in [2.45, 2.75) is 31.9 Å². The molecule has 5 heteroatoms. The van der Waals surface area contributed by atoms with Crippen LogP contribution in [-0.2, 0) is 11.3 Å². The van der Waals surface area contributed by atoms with Crippen molar-refractivity contribution in [3.63, 3.8) is 0 Å². The van der Waals surface area contributed by atoms with E-state index in [0.717, 1.165) is 11.1 Å². The zero-order valence-electron chi connectivity index (χ0n) is 14.3. The van der Waals surface area contributed by atoms with Gasteiger partial charge in [0.2, 0.25) is 0 Å². The maximum absolute atomic E-state index is 13.8. The van der Waals surface area contributed by atoms with Crippen molar-refractivity contribution in [1.29, 1.82) is 0 Å². The number of rotatable bonds is 3. The highest BCUT2D eigenvalue weighted by Crippen LogP contribution is 2.28. The van der Waals surface area contributed by atoms with Gasteiger partial charge >= 0.3 is 6.09 Å². The van der Waals surface area contributed by atoms with Crippen LogP contribution in [0.25, 0.3) is 0 Å². The number of aryl methyl sites for hydroxylation is 1. The van der Waals surface area contributed by atoms with E-state index in [9.17, 15) is 9.18 Å². The number of amides is 1. The molecule has 1 aliphatic heterocycles. The Morgan fingerprint density at radius 2 is 2.04 bits per heavy atom. The molecule has 1 amide bonds. The lowest BCUT2D eigenvalue weighted by atomic mass is 9.85. The second kappa shape index (κ2) is 7.66. The van der Waals surface area contributed by atoms with Gasteiger partial charge in [-0.05, 0) is 36.1 Å². The minimum atomic E-state index is -0.354. The number of hydrogen-bond acceptors (Lipinski definition) is 3. The Kier molecular flexibility index (Phi) is 5.34. The Balaban J connectivity index is 1.57. The molecule has 0 aliphatic carbocycles. The van der Waals surface area contributed by atoms with Crippen molar-refractivity contribution in [1.82, 2.24) is 4.90 Å². The lowest BCUT2D eigenvalue weighted by Crippen LogP contribution is -2.49. The summed E-state index contributed by atoms with van der Waals surface area (Å²) in [6, 6.07) is 14.6. The first kappa shape index (κ1) is 17.4. The van der Waals surface area contributed by atoms with Crippen LogP contribution in [0.15, 0.2) is 48.5 Å². The molecule has 3 rings (SSSR count). The van der Waals surface area contributed by atoms with Crippen LogP contribution < -0.4 is 5.73 Å². The molecule has 2 N–H and O–H groups in total. The minimum Gasteiger partial charge on any atom is -0.445 e. The minimum absolute atomic E-state index is 0.0493. The van der Waals surface area contributed by atoms with E-state index < -0.39 is 0 Å². The summed E-state index contributed by atoms with van der Waals surface area (Å²) in [6.07, 6.45) is 0.345. The van der Waals surface area contributed by atoms with Crippen LogP contribution in [0.5, 0.6) is 0 Å². The average Bonchev–Trinajstić information content (AvgIpc) is 2.63. The first-order valence-electron chi connectivity index (χ1n) is 8.52. The second-order valence-corrected chi connectivity index (χ2v) is 6.55. The van der Waals surface area contributed by atoms with E-state index in [0.29, 0.717) is 25.1 Å². The molecule has 1 aliphatic rings. The Hall–Kier alpha value is -2.40. The van der Waals surface area contributed by atoms with Gasteiger partial charge in [-0.3, -0.25) is 0 Å². The van der Waals surface area contributed by atoms with E-state index in [-0.39, 0.29) is 30.5 Å². The van der Waals surface area contributed by atoms with Gasteiger partial charge in [0.15, 0.2) is 0 Å². The molecule has 0 unspecified atom stereocenters. The number of carbonyl (C=O) groups excluding carboxylic acids is 1. The van der Waals surface area contributed by atoms with E-state index in [1.165, 1.54) is 0 Å². The Labute approximate surface area is 147 Å². The Morgan fingerprint density at radius 3 is 2.72 bits per heavy atom. The fourth-order valence-corrected chi connectivity index (χ4v) is 3.21. The summed E-state index contributed by atoms with van der Waals surface area (Å²) in [7, 11) is 0. The van der Waals surface area contributed by atoms with E-state index in [1.54, 1.807) is 24.0 Å². The zero-order chi connectivity index (χ0) is 17.8. The number of benzene rings is 2. The average molecular weight is 342 g/mol. The maximum Gasteiger partial charge on any atom is 0.410 e. The number of nitrogens with two attached hydrogens (primary N) is 1. The van der Waals surface area contributed by atoms with Gasteiger partial charge in [-0.25, -0.2) is 9.18 Å². The van der Waals surface area contributed by atoms with Gasteiger partial charge in [0.25, 0.3) is 0 Å². The molecule has 1 heterocycles. The standard InChI is InChI=1S/C20H23FN2O2/c1-14-7-8-16(11-18(14)21)17-9-10-23(12-19(17)22)20(24)25-13-15-5-3-2-4-6-15/h2-8,11,17,19H,9-10,12-13,22H2,1H3/t17-,19+/m1/s1. The predicted molar refractivity (Wildman–Crippen MR) is 94.7 cm³/mol. The second-order valence-electron chi connectivity index (χ2n) is 6.55. The molecule has 132 valence electrons. The fourth-order valence-electron chi connectivity index (χ4n) is 3.21. The maximum atomic E-state index is 13.8. The number of carbonyl (C=O) groups is 1. The monoisotopic (exact) mass is 342 g/mol. The summed E-state index contributed by atoms with van der Waals surface area (Å²) in [5.41, 5.74) is 8.73. The van der Waals surface area contributed by atoms with Crippen molar-refractivity contribution in [3.05, 3.63) is 71.0 Å². The SMILES string of the molecule is Cc1ccc([C@H]2CCN(C(=O)OCc3ccccc3)C[C@@H]2N)cc1F. The third-order valence-corrected chi connectivity index (χ3v) is 4.75. The molecule has 0 saturated carbocycles. The van der Waals surface area contributed by atoms with E-state index in [1.807, 2.05) is 36.4 Å². The van der Waals surface area contributed by atoms with Crippen molar-refractivity contribution < 1.29 is 13.9 Å². The molecule has 2 atom stereocenters. The fraction of sp³-hybridized carbons (Fsp3) is 0.350. The smallest absolute Gasteiger partial charge is 0.410 e. The molecule has 25 heavy (non-hydrogen) atoms. The molecule has 2 aromatic rings. The molecule has 1 fully saturated rings. The third kappa shape index (κ3) is 4.17. The number of likely N-dealkylation sites (tertiary alicyclic amines) is 1. The van der Waals surface area contributed by atoms with Crippen LogP contribution in [0.3, 0.4) is 0 Å². The highest BCUT2D eigenvalue weighted by atomic mass is 19.1. The molecular weight excluding hydrogens is 319 g/mol. The molecule has 2 aromatic carbocycles. The number of nitrogens with zero attached hydrogens (tertiary/aromatic N) is 1. The van der Waals surface area contributed by atoms with Crippen LogP contribution in [-0.4, -0.2) is 30.1 Å². The lowest BCUT2D eigenvalue weighted by Gasteiger charge is -2.36. The number of piperidine rings is 1. The van der Waals surface area contributed by atoms with Crippen LogP contribution in [0.2, 0.25) is 0 Å². The van der Waals surface area contributed by atoms with Gasteiger partial charge in [-0.1, -0.05) is 42.5 Å². The summed E-state index contributed by atoms with van der Waals surface area (Å²) in [5.74, 6) is -0.164. The largest absolute Gasteiger partial charge is 0.445 e. The predicted octanol–water partition coefficient (Wildman–Crippen LogP) is 3.59. The Bertz CT molecular complexity index is 736. The summed E-state index contributed by atoms with van der Waals surface area (Å²) in [5, 5.41) is 0. The number of halogens is 1. The molecule has 1 saturated heterocycles. The van der Waals surface area contributed by atoms with Crippen molar-refractivity contribution >= 4 is 6.09 Å². The van der Waals surface area contributed by atoms with Crippen LogP contribution >= 0.6 is 0 Å². The van der Waals surface area contributed by atoms with E-state index >= 15 is 0 Å². The number of ether oxygens (including phenoxy) is 1.